The molecule has 0 aliphatic heterocycles. The summed E-state index contributed by atoms with van der Waals surface area (Å²) in [5.41, 5.74) is 0. The average Bonchev–Trinajstić information content (AvgIpc) is 1.67. The van der Waals surface area contributed by atoms with Crippen LogP contribution in [-0.2, 0) is 11.1 Å². The van der Waals surface area contributed by atoms with E-state index in [1.54, 1.807) is 0 Å². The number of terminal acetylenes is 1. The second-order valence-corrected chi connectivity index (χ2v) is 2.20. The Morgan fingerprint density at radius 3 is 2.62 bits per heavy atom. The molecule has 0 amide bonds. The van der Waals surface area contributed by atoms with Crippen LogP contribution < -0.4 is 0 Å². The summed E-state index contributed by atoms with van der Waals surface area (Å²) in [6.45, 7) is 3.19. The minimum Gasteiger partial charge on any atom is -0.769 e. The molecule has 0 aliphatic carbocycles. The molecule has 0 bridgehead atoms. The van der Waals surface area contributed by atoms with E-state index >= 15 is 0 Å². The van der Waals surface area contributed by atoms with Crippen molar-refractivity contribution in [1.29, 1.82) is 0 Å². The number of allylic oxidation sites excluding steroid dienone is 1. The maximum atomic E-state index is 9.89. The van der Waals surface area contributed by atoms with Gasteiger partial charge < -0.3 is 4.55 Å². The first-order valence-electron chi connectivity index (χ1n) is 1.89. The summed E-state index contributed by atoms with van der Waals surface area (Å²) in [4.78, 5) is 0.0625. The Labute approximate surface area is 50.9 Å². The van der Waals surface area contributed by atoms with E-state index in [4.69, 9.17) is 6.42 Å². The summed E-state index contributed by atoms with van der Waals surface area (Å²) < 4.78 is 19.8. The van der Waals surface area contributed by atoms with Gasteiger partial charge in [-0.1, -0.05) is 6.58 Å². The first-order chi connectivity index (χ1) is 3.68. The zero-order valence-corrected chi connectivity index (χ0v) is 5.03. The van der Waals surface area contributed by atoms with Gasteiger partial charge in [0, 0.05) is 11.3 Å². The standard InChI is InChI=1S/C5H6O2S/c1-3-4-5(2)8(6)7/h1H,2,4H2,(H,6,7)/p-1. The first kappa shape index (κ1) is 7.41. The number of rotatable bonds is 2. The summed E-state index contributed by atoms with van der Waals surface area (Å²) in [6.07, 6.45) is 4.89. The van der Waals surface area contributed by atoms with Crippen molar-refractivity contribution in [2.75, 3.05) is 0 Å². The van der Waals surface area contributed by atoms with Gasteiger partial charge in [-0.05, 0) is 11.1 Å². The van der Waals surface area contributed by atoms with E-state index in [0.29, 0.717) is 0 Å². The molecular weight excluding hydrogens is 124 g/mol. The molecule has 1 atom stereocenters. The third-order valence-electron chi connectivity index (χ3n) is 0.535. The topological polar surface area (TPSA) is 40.1 Å². The lowest BCUT2D eigenvalue weighted by atomic mass is 10.4. The molecule has 0 fully saturated rings. The van der Waals surface area contributed by atoms with Gasteiger partial charge in [-0.2, -0.15) is 0 Å². The SMILES string of the molecule is C#CCC(=C)S(=O)[O-]. The van der Waals surface area contributed by atoms with Crippen LogP contribution in [0.5, 0.6) is 0 Å². The van der Waals surface area contributed by atoms with Gasteiger partial charge in [0.1, 0.15) is 0 Å². The fourth-order valence-corrected chi connectivity index (χ4v) is 0.374. The summed E-state index contributed by atoms with van der Waals surface area (Å²) in [6, 6.07) is 0. The van der Waals surface area contributed by atoms with E-state index in [2.05, 4.69) is 12.5 Å². The normalized spacial score (nSPS) is 12.0. The molecule has 8 heavy (non-hydrogen) atoms. The third-order valence-corrected chi connectivity index (χ3v) is 1.15. The van der Waals surface area contributed by atoms with Crippen LogP contribution in [0.4, 0.5) is 0 Å². The maximum Gasteiger partial charge on any atom is 0.0405 e. The largest absolute Gasteiger partial charge is 0.769 e. The van der Waals surface area contributed by atoms with Gasteiger partial charge >= 0.3 is 0 Å². The predicted molar refractivity (Wildman–Crippen MR) is 31.5 cm³/mol. The summed E-state index contributed by atoms with van der Waals surface area (Å²) in [5.74, 6) is 2.16. The lowest BCUT2D eigenvalue weighted by molar-refractivity contribution is 0.543. The van der Waals surface area contributed by atoms with Crippen LogP contribution in [0, 0.1) is 12.3 Å². The second-order valence-electron chi connectivity index (χ2n) is 1.15. The lowest BCUT2D eigenvalue weighted by Crippen LogP contribution is -1.88. The Balaban J connectivity index is 3.71. The summed E-state index contributed by atoms with van der Waals surface area (Å²) in [5, 5.41) is 0. The second kappa shape index (κ2) is 3.42. The molecule has 0 aromatic rings. The zero-order valence-electron chi connectivity index (χ0n) is 4.22. The molecule has 0 spiro atoms. The molecule has 0 saturated carbocycles. The summed E-state index contributed by atoms with van der Waals surface area (Å²) in [7, 11) is 0. The highest BCUT2D eigenvalue weighted by Gasteiger charge is 1.86. The van der Waals surface area contributed by atoms with Crippen molar-refractivity contribution in [2.45, 2.75) is 6.42 Å². The fourth-order valence-electron chi connectivity index (χ4n) is 0.173. The molecule has 2 nitrogen and oxygen atoms in total. The Hall–Kier alpha value is -0.590. The van der Waals surface area contributed by atoms with Gasteiger partial charge in [0.05, 0.1) is 0 Å². The quantitative estimate of drug-likeness (QED) is 0.400. The van der Waals surface area contributed by atoms with Crippen molar-refractivity contribution >= 4 is 11.1 Å². The van der Waals surface area contributed by atoms with Crippen molar-refractivity contribution < 1.29 is 8.76 Å². The van der Waals surface area contributed by atoms with Crippen molar-refractivity contribution in [3.05, 3.63) is 11.5 Å². The van der Waals surface area contributed by atoms with Crippen molar-refractivity contribution in [1.82, 2.24) is 0 Å². The Kier molecular flexibility index (Phi) is 3.16. The Bertz CT molecular complexity index is 154. The summed E-state index contributed by atoms with van der Waals surface area (Å²) >= 11 is -2.20. The van der Waals surface area contributed by atoms with E-state index in [-0.39, 0.29) is 11.3 Å². The first-order valence-corrected chi connectivity index (χ1v) is 2.96. The van der Waals surface area contributed by atoms with Gasteiger partial charge in [-0.15, -0.1) is 12.3 Å². The lowest BCUT2D eigenvalue weighted by Gasteiger charge is -2.02. The van der Waals surface area contributed by atoms with Crippen LogP contribution in [0.1, 0.15) is 6.42 Å². The predicted octanol–water partition coefficient (Wildman–Crippen LogP) is 0.403. The maximum absolute atomic E-state index is 9.89. The van der Waals surface area contributed by atoms with E-state index in [0.717, 1.165) is 0 Å². The smallest absolute Gasteiger partial charge is 0.0405 e. The molecule has 0 aromatic heterocycles. The Morgan fingerprint density at radius 1 is 2.00 bits per heavy atom. The molecule has 0 aliphatic rings. The third kappa shape index (κ3) is 2.56. The van der Waals surface area contributed by atoms with E-state index in [1.807, 2.05) is 0 Å². The molecular formula is C5H5O2S-. The highest BCUT2D eigenvalue weighted by atomic mass is 32.2. The number of hydrogen-bond acceptors (Lipinski definition) is 2. The van der Waals surface area contributed by atoms with Crippen molar-refractivity contribution in [2.24, 2.45) is 0 Å². The van der Waals surface area contributed by atoms with Gasteiger partial charge in [0.2, 0.25) is 0 Å². The van der Waals surface area contributed by atoms with Crippen molar-refractivity contribution in [3.63, 3.8) is 0 Å². The highest BCUT2D eigenvalue weighted by molar-refractivity contribution is 7.83. The van der Waals surface area contributed by atoms with E-state index < -0.39 is 11.1 Å². The van der Waals surface area contributed by atoms with Gasteiger partial charge in [0.25, 0.3) is 0 Å². The molecule has 0 rings (SSSR count). The van der Waals surface area contributed by atoms with Crippen LogP contribution in [0.3, 0.4) is 0 Å². The van der Waals surface area contributed by atoms with E-state index in [1.165, 1.54) is 0 Å². The molecule has 0 radical (unpaired) electrons. The van der Waals surface area contributed by atoms with Crippen LogP contribution in [-0.4, -0.2) is 8.76 Å². The monoisotopic (exact) mass is 129 g/mol. The zero-order chi connectivity index (χ0) is 6.57. The fraction of sp³-hybridized carbons (Fsp3) is 0.200. The molecule has 0 aromatic carbocycles. The van der Waals surface area contributed by atoms with Crippen LogP contribution in [0.25, 0.3) is 0 Å². The molecule has 0 heterocycles. The minimum atomic E-state index is -2.20. The molecule has 3 heteroatoms. The highest BCUT2D eigenvalue weighted by Crippen LogP contribution is 1.97. The average molecular weight is 129 g/mol. The van der Waals surface area contributed by atoms with Crippen LogP contribution in [0.2, 0.25) is 0 Å². The Morgan fingerprint density at radius 2 is 2.50 bits per heavy atom. The van der Waals surface area contributed by atoms with Crippen LogP contribution in [0.15, 0.2) is 11.5 Å². The molecule has 1 unspecified atom stereocenters. The molecule has 0 N–H and O–H groups in total. The van der Waals surface area contributed by atoms with Gasteiger partial charge in [0.15, 0.2) is 0 Å². The van der Waals surface area contributed by atoms with Gasteiger partial charge in [-0.3, -0.25) is 4.21 Å². The number of hydrogen-bond donors (Lipinski definition) is 0. The van der Waals surface area contributed by atoms with Crippen molar-refractivity contribution in [3.8, 4) is 12.3 Å². The minimum absolute atomic E-state index is 0.0625. The van der Waals surface area contributed by atoms with Gasteiger partial charge in [-0.25, -0.2) is 0 Å². The molecule has 44 valence electrons. The molecule has 0 saturated heterocycles. The van der Waals surface area contributed by atoms with Crippen LogP contribution >= 0.6 is 0 Å². The van der Waals surface area contributed by atoms with E-state index in [9.17, 15) is 8.76 Å².